The van der Waals surface area contributed by atoms with Crippen LogP contribution in [0.1, 0.15) is 17.2 Å². The summed E-state index contributed by atoms with van der Waals surface area (Å²) in [5, 5.41) is 8.98. The van der Waals surface area contributed by atoms with Crippen molar-refractivity contribution in [2.24, 2.45) is 0 Å². The van der Waals surface area contributed by atoms with Crippen LogP contribution < -0.4 is 9.80 Å². The Kier molecular flexibility index (Phi) is 4.87. The van der Waals surface area contributed by atoms with E-state index in [9.17, 15) is 0 Å². The van der Waals surface area contributed by atoms with Crippen molar-refractivity contribution in [3.8, 4) is 6.07 Å². The van der Waals surface area contributed by atoms with Gasteiger partial charge in [0.2, 0.25) is 0 Å². The number of hydrogen-bond acceptors (Lipinski definition) is 7. The fourth-order valence-electron chi connectivity index (χ4n) is 2.79. The molecule has 2 aromatic rings. The normalized spacial score (nSPS) is 14.5. The summed E-state index contributed by atoms with van der Waals surface area (Å²) >= 11 is 0. The Morgan fingerprint density at radius 2 is 1.79 bits per heavy atom. The summed E-state index contributed by atoms with van der Waals surface area (Å²) in [4.78, 5) is 17.8. The molecule has 0 spiro atoms. The van der Waals surface area contributed by atoms with E-state index in [0.29, 0.717) is 18.1 Å². The van der Waals surface area contributed by atoms with Crippen LogP contribution in [0.3, 0.4) is 0 Å². The van der Waals surface area contributed by atoms with Crippen LogP contribution in [-0.2, 0) is 11.3 Å². The van der Waals surface area contributed by atoms with Crippen LogP contribution >= 0.6 is 0 Å². The van der Waals surface area contributed by atoms with E-state index in [1.165, 1.54) is 0 Å². The summed E-state index contributed by atoms with van der Waals surface area (Å²) in [6.07, 6.45) is 0. The zero-order valence-electron chi connectivity index (χ0n) is 13.9. The van der Waals surface area contributed by atoms with E-state index in [-0.39, 0.29) is 0 Å². The van der Waals surface area contributed by atoms with Crippen LogP contribution in [0.5, 0.6) is 0 Å². The Labute approximate surface area is 141 Å². The Morgan fingerprint density at radius 1 is 1.08 bits per heavy atom. The maximum Gasteiger partial charge on any atom is 0.156 e. The number of anilines is 2. The third-order valence-electron chi connectivity index (χ3n) is 3.94. The third kappa shape index (κ3) is 3.60. The molecule has 2 aromatic heterocycles. The van der Waals surface area contributed by atoms with Crippen LogP contribution in [0, 0.1) is 18.3 Å². The van der Waals surface area contributed by atoms with E-state index >= 15 is 0 Å². The molecule has 0 aromatic carbocycles. The molecule has 1 fully saturated rings. The number of nitriles is 1. The van der Waals surface area contributed by atoms with Gasteiger partial charge in [0.05, 0.1) is 0 Å². The summed E-state index contributed by atoms with van der Waals surface area (Å²) in [7, 11) is 1.65. The summed E-state index contributed by atoms with van der Waals surface area (Å²) in [6, 6.07) is 9.63. The van der Waals surface area contributed by atoms with E-state index < -0.39 is 0 Å². The molecule has 1 saturated heterocycles. The molecule has 0 amide bonds. The lowest BCUT2D eigenvalue weighted by molar-refractivity contribution is 0.177. The van der Waals surface area contributed by atoms with E-state index in [1.54, 1.807) is 13.2 Å². The fraction of sp³-hybridized carbons (Fsp3) is 0.412. The second-order valence-electron chi connectivity index (χ2n) is 5.68. The standard InChI is InChI=1S/C17H20N6O/c1-13-10-17(21-15(19-13)12-24-2)23-8-6-22(7-9-23)16-5-3-4-14(11-18)20-16/h3-5,10H,6-9,12H2,1-2H3. The maximum atomic E-state index is 8.98. The van der Waals surface area contributed by atoms with Crippen LogP contribution in [0.2, 0.25) is 0 Å². The van der Waals surface area contributed by atoms with Gasteiger partial charge in [-0.2, -0.15) is 5.26 Å². The minimum Gasteiger partial charge on any atom is -0.377 e. The predicted molar refractivity (Wildman–Crippen MR) is 90.9 cm³/mol. The number of methoxy groups -OCH3 is 1. The molecule has 7 nitrogen and oxygen atoms in total. The predicted octanol–water partition coefficient (Wildman–Crippen LogP) is 1.52. The van der Waals surface area contributed by atoms with Gasteiger partial charge in [-0.3, -0.25) is 0 Å². The molecule has 3 rings (SSSR count). The van der Waals surface area contributed by atoms with E-state index in [4.69, 9.17) is 10.00 Å². The van der Waals surface area contributed by atoms with Crippen LogP contribution in [-0.4, -0.2) is 48.2 Å². The van der Waals surface area contributed by atoms with Crippen molar-refractivity contribution in [3.63, 3.8) is 0 Å². The Morgan fingerprint density at radius 3 is 2.46 bits per heavy atom. The fourth-order valence-corrected chi connectivity index (χ4v) is 2.79. The van der Waals surface area contributed by atoms with Crippen molar-refractivity contribution in [1.29, 1.82) is 5.26 Å². The topological polar surface area (TPSA) is 78.2 Å². The zero-order chi connectivity index (χ0) is 16.9. The summed E-state index contributed by atoms with van der Waals surface area (Å²) in [6.45, 7) is 5.76. The summed E-state index contributed by atoms with van der Waals surface area (Å²) < 4.78 is 5.14. The first-order valence-electron chi connectivity index (χ1n) is 7.90. The Bertz CT molecular complexity index is 749. The highest BCUT2D eigenvalue weighted by molar-refractivity contribution is 5.46. The molecule has 0 saturated carbocycles. The molecule has 24 heavy (non-hydrogen) atoms. The van der Waals surface area contributed by atoms with Crippen molar-refractivity contribution in [1.82, 2.24) is 15.0 Å². The SMILES string of the molecule is COCc1nc(C)cc(N2CCN(c3cccc(C#N)n3)CC2)n1. The average molecular weight is 324 g/mol. The second kappa shape index (κ2) is 7.23. The molecular weight excluding hydrogens is 304 g/mol. The first-order chi connectivity index (χ1) is 11.7. The van der Waals surface area contributed by atoms with Gasteiger partial charge in [0.25, 0.3) is 0 Å². The molecule has 124 valence electrons. The van der Waals surface area contributed by atoms with E-state index in [2.05, 4.69) is 30.8 Å². The van der Waals surface area contributed by atoms with Crippen molar-refractivity contribution in [2.45, 2.75) is 13.5 Å². The smallest absolute Gasteiger partial charge is 0.156 e. The highest BCUT2D eigenvalue weighted by Crippen LogP contribution is 2.19. The van der Waals surface area contributed by atoms with Crippen molar-refractivity contribution < 1.29 is 4.74 Å². The van der Waals surface area contributed by atoms with Crippen molar-refractivity contribution >= 4 is 11.6 Å². The van der Waals surface area contributed by atoms with Gasteiger partial charge in [-0.05, 0) is 19.1 Å². The minimum atomic E-state index is 0.416. The minimum absolute atomic E-state index is 0.416. The van der Waals surface area contributed by atoms with Gasteiger partial charge < -0.3 is 14.5 Å². The number of rotatable bonds is 4. The lowest BCUT2D eigenvalue weighted by Gasteiger charge is -2.36. The number of piperazine rings is 1. The Balaban J connectivity index is 1.70. The van der Waals surface area contributed by atoms with E-state index in [1.807, 2.05) is 25.1 Å². The molecule has 0 aliphatic carbocycles. The van der Waals surface area contributed by atoms with Gasteiger partial charge in [-0.15, -0.1) is 0 Å². The highest BCUT2D eigenvalue weighted by Gasteiger charge is 2.20. The van der Waals surface area contributed by atoms with Gasteiger partial charge in [0.15, 0.2) is 5.82 Å². The van der Waals surface area contributed by atoms with Gasteiger partial charge in [-0.25, -0.2) is 15.0 Å². The van der Waals surface area contributed by atoms with E-state index in [0.717, 1.165) is 43.5 Å². The van der Waals surface area contributed by atoms with Gasteiger partial charge in [0.1, 0.15) is 30.0 Å². The largest absolute Gasteiger partial charge is 0.377 e. The number of pyridine rings is 1. The lowest BCUT2D eigenvalue weighted by Crippen LogP contribution is -2.47. The highest BCUT2D eigenvalue weighted by atomic mass is 16.5. The molecule has 1 aliphatic heterocycles. The molecule has 1 aliphatic rings. The molecule has 3 heterocycles. The third-order valence-corrected chi connectivity index (χ3v) is 3.94. The van der Waals surface area contributed by atoms with Crippen LogP contribution in [0.15, 0.2) is 24.3 Å². The Hall–Kier alpha value is -2.72. The molecule has 0 unspecified atom stereocenters. The molecule has 0 N–H and O–H groups in total. The zero-order valence-corrected chi connectivity index (χ0v) is 13.9. The van der Waals surface area contributed by atoms with Crippen LogP contribution in [0.4, 0.5) is 11.6 Å². The van der Waals surface area contributed by atoms with Gasteiger partial charge in [0, 0.05) is 45.0 Å². The molecule has 0 bridgehead atoms. The van der Waals surface area contributed by atoms with Gasteiger partial charge in [-0.1, -0.05) is 6.07 Å². The lowest BCUT2D eigenvalue weighted by atomic mass is 10.2. The average Bonchev–Trinajstić information content (AvgIpc) is 2.62. The molecule has 0 atom stereocenters. The van der Waals surface area contributed by atoms with Crippen LogP contribution in [0.25, 0.3) is 0 Å². The number of nitrogens with zero attached hydrogens (tertiary/aromatic N) is 6. The van der Waals surface area contributed by atoms with Crippen molar-refractivity contribution in [2.75, 3.05) is 43.1 Å². The number of hydrogen-bond donors (Lipinski definition) is 0. The molecule has 0 radical (unpaired) electrons. The number of ether oxygens (including phenoxy) is 1. The molecule has 7 heteroatoms. The first-order valence-corrected chi connectivity index (χ1v) is 7.90. The second-order valence-corrected chi connectivity index (χ2v) is 5.68. The number of aromatic nitrogens is 3. The summed E-state index contributed by atoms with van der Waals surface area (Å²) in [5.41, 5.74) is 1.39. The summed E-state index contributed by atoms with van der Waals surface area (Å²) in [5.74, 6) is 2.50. The molecular formula is C17H20N6O. The first kappa shape index (κ1) is 16.1. The quantitative estimate of drug-likeness (QED) is 0.844. The number of aryl methyl sites for hydroxylation is 1. The van der Waals surface area contributed by atoms with Gasteiger partial charge >= 0.3 is 0 Å². The maximum absolute atomic E-state index is 8.98. The van der Waals surface area contributed by atoms with Crippen molar-refractivity contribution in [3.05, 3.63) is 41.5 Å². The monoisotopic (exact) mass is 324 g/mol.